The number of halogens is 1. The number of fused-ring (bicyclic) bond motifs is 2. The summed E-state index contributed by atoms with van der Waals surface area (Å²) in [5.74, 6) is 1.53. The Morgan fingerprint density at radius 1 is 1.34 bits per heavy atom. The summed E-state index contributed by atoms with van der Waals surface area (Å²) in [4.78, 5) is 17.1. The monoisotopic (exact) mass is 417 g/mol. The Hall–Kier alpha value is -2.32. The molecule has 5 rings (SSSR count). The maximum absolute atomic E-state index is 13.2. The first kappa shape index (κ1) is 18.7. The van der Waals surface area contributed by atoms with E-state index in [9.17, 15) is 9.90 Å². The van der Waals surface area contributed by atoms with Crippen LogP contribution in [-0.2, 0) is 5.54 Å². The zero-order valence-corrected chi connectivity index (χ0v) is 17.2. The van der Waals surface area contributed by atoms with Crippen LogP contribution >= 0.6 is 11.6 Å². The molecule has 1 aromatic carbocycles. The number of urea groups is 1. The molecule has 0 spiro atoms. The van der Waals surface area contributed by atoms with Crippen molar-refractivity contribution in [1.29, 1.82) is 0 Å². The van der Waals surface area contributed by atoms with Gasteiger partial charge in [-0.1, -0.05) is 18.5 Å². The molecule has 1 aliphatic carbocycles. The van der Waals surface area contributed by atoms with Gasteiger partial charge in [-0.25, -0.2) is 4.79 Å². The van der Waals surface area contributed by atoms with E-state index in [2.05, 4.69) is 22.4 Å². The zero-order valence-electron chi connectivity index (χ0n) is 16.4. The molecule has 2 amide bonds. The normalized spacial score (nSPS) is 28.7. The van der Waals surface area contributed by atoms with Crippen LogP contribution in [0.4, 0.5) is 16.2 Å². The third kappa shape index (κ3) is 2.97. The highest BCUT2D eigenvalue weighted by Gasteiger charge is 2.62. The second kappa shape index (κ2) is 6.60. The minimum atomic E-state index is -0.523. The van der Waals surface area contributed by atoms with Crippen LogP contribution in [0.1, 0.15) is 38.0 Å². The molecular formula is C20H24ClN5O3. The van der Waals surface area contributed by atoms with E-state index in [1.165, 1.54) is 0 Å². The van der Waals surface area contributed by atoms with Gasteiger partial charge in [0.05, 0.1) is 16.8 Å². The number of carbonyl (C=O) groups excluding carboxylic acids is 1. The largest absolute Gasteiger partial charge is 0.423 e. The number of hydrogen-bond acceptors (Lipinski definition) is 6. The lowest BCUT2D eigenvalue weighted by atomic mass is 9.64. The number of anilines is 2. The molecule has 1 saturated carbocycles. The molecule has 0 radical (unpaired) electrons. The van der Waals surface area contributed by atoms with Crippen molar-refractivity contribution in [3.63, 3.8) is 0 Å². The van der Waals surface area contributed by atoms with Gasteiger partial charge in [0.1, 0.15) is 5.54 Å². The smallest absolute Gasteiger partial charge is 0.323 e. The van der Waals surface area contributed by atoms with E-state index in [1.807, 2.05) is 15.9 Å². The van der Waals surface area contributed by atoms with E-state index in [0.29, 0.717) is 41.5 Å². The maximum atomic E-state index is 13.2. The first-order valence-electron chi connectivity index (χ1n) is 9.99. The van der Waals surface area contributed by atoms with Gasteiger partial charge >= 0.3 is 6.03 Å². The van der Waals surface area contributed by atoms with Crippen LogP contribution < -0.4 is 10.2 Å². The number of aryl methyl sites for hydroxylation is 1. The highest BCUT2D eigenvalue weighted by atomic mass is 35.5. The van der Waals surface area contributed by atoms with E-state index in [1.54, 1.807) is 19.1 Å². The Kier molecular flexibility index (Phi) is 4.25. The highest BCUT2D eigenvalue weighted by Crippen LogP contribution is 2.55. The molecule has 2 N–H and O–H groups in total. The molecule has 0 unspecified atom stereocenters. The number of aliphatic hydroxyl groups is 1. The van der Waals surface area contributed by atoms with Crippen molar-refractivity contribution in [3.05, 3.63) is 35.0 Å². The lowest BCUT2D eigenvalue weighted by molar-refractivity contribution is -0.110. The van der Waals surface area contributed by atoms with Gasteiger partial charge in [-0.3, -0.25) is 0 Å². The molecule has 2 bridgehead atoms. The molecular weight excluding hydrogens is 394 g/mol. The van der Waals surface area contributed by atoms with Crippen molar-refractivity contribution < 1.29 is 14.3 Å². The number of carbonyl (C=O) groups is 1. The minimum absolute atomic E-state index is 0.166. The van der Waals surface area contributed by atoms with E-state index >= 15 is 0 Å². The number of benzene rings is 1. The average Bonchev–Trinajstić information content (AvgIpc) is 3.07. The van der Waals surface area contributed by atoms with E-state index in [-0.39, 0.29) is 18.2 Å². The van der Waals surface area contributed by atoms with E-state index in [4.69, 9.17) is 16.0 Å². The van der Waals surface area contributed by atoms with Crippen LogP contribution in [0.5, 0.6) is 0 Å². The minimum Gasteiger partial charge on any atom is -0.423 e. The molecule has 2 aliphatic heterocycles. The number of amides is 2. The van der Waals surface area contributed by atoms with Crippen LogP contribution in [0.3, 0.4) is 0 Å². The molecule has 3 fully saturated rings. The van der Waals surface area contributed by atoms with Crippen LogP contribution in [0, 0.1) is 12.8 Å². The highest BCUT2D eigenvalue weighted by molar-refractivity contribution is 6.33. The number of aromatic nitrogens is 2. The maximum Gasteiger partial charge on any atom is 0.323 e. The Balaban J connectivity index is 1.39. The molecule has 3 heterocycles. The second-order valence-electron chi connectivity index (χ2n) is 8.59. The Labute approximate surface area is 173 Å². The van der Waals surface area contributed by atoms with Gasteiger partial charge in [0.2, 0.25) is 11.8 Å². The number of aliphatic hydroxyl groups excluding tert-OH is 1. The Bertz CT molecular complexity index is 959. The molecule has 154 valence electrons. The fraction of sp³-hybridized carbons (Fsp3) is 0.550. The summed E-state index contributed by atoms with van der Waals surface area (Å²) >= 11 is 6.31. The topological polar surface area (TPSA) is 94.7 Å². The summed E-state index contributed by atoms with van der Waals surface area (Å²) < 4.78 is 5.75. The van der Waals surface area contributed by atoms with Gasteiger partial charge in [0, 0.05) is 38.2 Å². The number of nitrogens with zero attached hydrogens (tertiary/aromatic N) is 4. The van der Waals surface area contributed by atoms with Crippen LogP contribution in [0.25, 0.3) is 0 Å². The summed E-state index contributed by atoms with van der Waals surface area (Å²) in [5, 5.41) is 21.4. The molecule has 29 heavy (non-hydrogen) atoms. The van der Waals surface area contributed by atoms with Gasteiger partial charge in [0.15, 0.2) is 0 Å². The van der Waals surface area contributed by atoms with Crippen LogP contribution in [0.15, 0.2) is 22.6 Å². The summed E-state index contributed by atoms with van der Waals surface area (Å²) in [5.41, 5.74) is 0.963. The van der Waals surface area contributed by atoms with Crippen molar-refractivity contribution in [3.8, 4) is 0 Å². The quantitative estimate of drug-likeness (QED) is 0.796. The fourth-order valence-electron chi connectivity index (χ4n) is 5.10. The van der Waals surface area contributed by atoms with Crippen molar-refractivity contribution in [2.45, 2.75) is 50.8 Å². The summed E-state index contributed by atoms with van der Waals surface area (Å²) in [6, 6.07) is 5.42. The second-order valence-corrected chi connectivity index (χ2v) is 8.99. The van der Waals surface area contributed by atoms with Gasteiger partial charge in [-0.15, -0.1) is 10.2 Å². The summed E-state index contributed by atoms with van der Waals surface area (Å²) in [6.07, 6.45) is 2.31. The van der Waals surface area contributed by atoms with Crippen molar-refractivity contribution in [2.24, 2.45) is 5.92 Å². The van der Waals surface area contributed by atoms with Crippen LogP contribution in [-0.4, -0.2) is 51.5 Å². The summed E-state index contributed by atoms with van der Waals surface area (Å²) in [6.45, 7) is 5.06. The van der Waals surface area contributed by atoms with E-state index in [0.717, 1.165) is 24.9 Å². The standard InChI is InChI=1S/C20H24ClN5O3/c1-11-5-14-8-20(7-11,18-24-23-12(2)29-18)26(14)19(28)22-13-3-4-16(21)17(6-13)25-9-15(27)10-25/h3-4,6,11,14-15,27H,5,7-10H2,1-2H3,(H,22,28)/t11-,14-,20+/m0/s1. The summed E-state index contributed by atoms with van der Waals surface area (Å²) in [7, 11) is 0. The lowest BCUT2D eigenvalue weighted by Gasteiger charge is -2.61. The third-order valence-electron chi connectivity index (χ3n) is 6.30. The average molecular weight is 418 g/mol. The van der Waals surface area contributed by atoms with E-state index < -0.39 is 5.54 Å². The van der Waals surface area contributed by atoms with Crippen LogP contribution in [0.2, 0.25) is 5.02 Å². The predicted octanol–water partition coefficient (Wildman–Crippen LogP) is 3.14. The first-order valence-corrected chi connectivity index (χ1v) is 10.4. The lowest BCUT2D eigenvalue weighted by Crippen LogP contribution is -2.70. The Morgan fingerprint density at radius 2 is 2.14 bits per heavy atom. The number of β-amino-alcohol motifs (C(OH)–C–C–N with tert-alkyl or cyclic N) is 1. The number of rotatable bonds is 3. The zero-order chi connectivity index (χ0) is 20.3. The van der Waals surface area contributed by atoms with Gasteiger partial charge in [-0.05, 0) is 37.0 Å². The molecule has 3 aliphatic rings. The Morgan fingerprint density at radius 3 is 2.83 bits per heavy atom. The van der Waals surface area contributed by atoms with Crippen molar-refractivity contribution in [1.82, 2.24) is 15.1 Å². The molecule has 9 heteroatoms. The molecule has 1 aromatic heterocycles. The molecule has 3 atom stereocenters. The van der Waals surface area contributed by atoms with Crippen molar-refractivity contribution in [2.75, 3.05) is 23.3 Å². The SMILES string of the molecule is Cc1nnc([C@@]23C[C@@H](C)C[C@@H](C2)N3C(=O)Nc2ccc(Cl)c(N3CC(O)C3)c2)o1. The number of piperidine rings is 1. The molecule has 2 saturated heterocycles. The first-order chi connectivity index (χ1) is 13.9. The predicted molar refractivity (Wildman–Crippen MR) is 108 cm³/mol. The fourth-order valence-corrected chi connectivity index (χ4v) is 5.34. The number of hydrogen-bond donors (Lipinski definition) is 2. The third-order valence-corrected chi connectivity index (χ3v) is 6.62. The van der Waals surface area contributed by atoms with Crippen molar-refractivity contribution >= 4 is 29.0 Å². The molecule has 8 nitrogen and oxygen atoms in total. The number of nitrogens with one attached hydrogen (secondary N) is 1. The van der Waals surface area contributed by atoms with Gasteiger partial charge < -0.3 is 24.6 Å². The van der Waals surface area contributed by atoms with Gasteiger partial charge in [-0.2, -0.15) is 0 Å². The van der Waals surface area contributed by atoms with Gasteiger partial charge in [0.25, 0.3) is 0 Å². The number of likely N-dealkylation sites (tertiary alicyclic amines) is 1. The molecule has 2 aromatic rings.